The Kier molecular flexibility index (Phi) is 10.8. The van der Waals surface area contributed by atoms with Crippen LogP contribution in [0.4, 0.5) is 0 Å². The van der Waals surface area contributed by atoms with Gasteiger partial charge in [-0.25, -0.2) is 0 Å². The Hall–Kier alpha value is -1.22. The first kappa shape index (κ1) is 23.1. The van der Waals surface area contributed by atoms with E-state index in [1.165, 1.54) is 63.7 Å². The zero-order valence-electron chi connectivity index (χ0n) is 17.0. The van der Waals surface area contributed by atoms with E-state index in [1.54, 1.807) is 0 Å². The van der Waals surface area contributed by atoms with Crippen LogP contribution in [0.2, 0.25) is 0 Å². The van der Waals surface area contributed by atoms with Crippen molar-refractivity contribution in [1.29, 1.82) is 0 Å². The standard InChI is InChI=1S/C21H34N4O2.HI/c1-22-21(23-11-4-2-5-13-25-14-6-3-7-15-25)24-12-10-18-8-9-19-20(16-18)27-17-26-19;/h8-9,16H,2-7,10-15,17H2,1H3,(H2,22,23,24);1H. The van der Waals surface area contributed by atoms with Crippen LogP contribution in [0.1, 0.15) is 44.1 Å². The maximum atomic E-state index is 5.43. The highest BCUT2D eigenvalue weighted by Gasteiger charge is 2.13. The zero-order chi connectivity index (χ0) is 18.7. The molecule has 3 rings (SSSR count). The third-order valence-corrected chi connectivity index (χ3v) is 5.26. The van der Waals surface area contributed by atoms with Gasteiger partial charge >= 0.3 is 0 Å². The van der Waals surface area contributed by atoms with Gasteiger partial charge in [0.25, 0.3) is 0 Å². The smallest absolute Gasteiger partial charge is 0.231 e. The van der Waals surface area contributed by atoms with Crippen molar-refractivity contribution in [3.05, 3.63) is 23.8 Å². The minimum Gasteiger partial charge on any atom is -0.454 e. The molecule has 7 heteroatoms. The van der Waals surface area contributed by atoms with E-state index < -0.39 is 0 Å². The summed E-state index contributed by atoms with van der Waals surface area (Å²) in [6, 6.07) is 6.13. The van der Waals surface area contributed by atoms with Crippen molar-refractivity contribution < 1.29 is 9.47 Å². The summed E-state index contributed by atoms with van der Waals surface area (Å²) < 4.78 is 10.8. The van der Waals surface area contributed by atoms with E-state index >= 15 is 0 Å². The van der Waals surface area contributed by atoms with Gasteiger partial charge in [0.05, 0.1) is 0 Å². The summed E-state index contributed by atoms with van der Waals surface area (Å²) >= 11 is 0. The molecule has 2 heterocycles. The van der Waals surface area contributed by atoms with Crippen LogP contribution < -0.4 is 20.1 Å². The third-order valence-electron chi connectivity index (χ3n) is 5.26. The average Bonchev–Trinajstić information content (AvgIpc) is 3.18. The summed E-state index contributed by atoms with van der Waals surface area (Å²) in [5, 5.41) is 6.80. The molecule has 1 aromatic carbocycles. The normalized spacial score (nSPS) is 16.5. The highest BCUT2D eigenvalue weighted by atomic mass is 127. The highest BCUT2D eigenvalue weighted by molar-refractivity contribution is 14.0. The minimum absolute atomic E-state index is 0. The fraction of sp³-hybridized carbons (Fsp3) is 0.667. The van der Waals surface area contributed by atoms with Gasteiger partial charge in [-0.15, -0.1) is 24.0 Å². The lowest BCUT2D eigenvalue weighted by Gasteiger charge is -2.26. The second-order valence-electron chi connectivity index (χ2n) is 7.33. The number of likely N-dealkylation sites (tertiary alicyclic amines) is 1. The molecule has 0 amide bonds. The Balaban J connectivity index is 0.00000280. The fourth-order valence-corrected chi connectivity index (χ4v) is 3.67. The van der Waals surface area contributed by atoms with E-state index in [-0.39, 0.29) is 24.0 Å². The molecule has 0 aromatic heterocycles. The summed E-state index contributed by atoms with van der Waals surface area (Å²) in [4.78, 5) is 6.93. The molecule has 158 valence electrons. The second-order valence-corrected chi connectivity index (χ2v) is 7.33. The summed E-state index contributed by atoms with van der Waals surface area (Å²) in [7, 11) is 1.83. The van der Waals surface area contributed by atoms with E-state index in [2.05, 4.69) is 32.7 Å². The zero-order valence-corrected chi connectivity index (χ0v) is 19.4. The maximum Gasteiger partial charge on any atom is 0.231 e. The molecular formula is C21H35IN4O2. The Labute approximate surface area is 186 Å². The van der Waals surface area contributed by atoms with Crippen molar-refractivity contribution >= 4 is 29.9 Å². The van der Waals surface area contributed by atoms with Gasteiger partial charge in [0.2, 0.25) is 6.79 Å². The van der Waals surface area contributed by atoms with Crippen molar-refractivity contribution in [3.8, 4) is 11.5 Å². The van der Waals surface area contributed by atoms with Gasteiger partial charge in [-0.1, -0.05) is 18.9 Å². The number of piperidine rings is 1. The first-order chi connectivity index (χ1) is 13.3. The van der Waals surface area contributed by atoms with Gasteiger partial charge in [-0.05, 0) is 69.4 Å². The summed E-state index contributed by atoms with van der Waals surface area (Å²) in [5.74, 6) is 2.57. The van der Waals surface area contributed by atoms with Gasteiger partial charge in [0.15, 0.2) is 17.5 Å². The Morgan fingerprint density at radius 1 is 1.00 bits per heavy atom. The quantitative estimate of drug-likeness (QED) is 0.235. The van der Waals surface area contributed by atoms with E-state index in [9.17, 15) is 0 Å². The Morgan fingerprint density at radius 2 is 1.79 bits per heavy atom. The topological polar surface area (TPSA) is 58.1 Å². The molecule has 0 atom stereocenters. The molecule has 1 aromatic rings. The number of nitrogens with zero attached hydrogens (tertiary/aromatic N) is 2. The molecule has 0 bridgehead atoms. The molecule has 28 heavy (non-hydrogen) atoms. The number of fused-ring (bicyclic) bond motifs is 1. The molecule has 2 aliphatic heterocycles. The predicted molar refractivity (Wildman–Crippen MR) is 125 cm³/mol. The van der Waals surface area contributed by atoms with Crippen LogP contribution >= 0.6 is 24.0 Å². The molecule has 2 aliphatic rings. The molecule has 0 aliphatic carbocycles. The van der Waals surface area contributed by atoms with Crippen LogP contribution in [-0.4, -0.2) is 57.4 Å². The first-order valence-corrected chi connectivity index (χ1v) is 10.4. The molecule has 0 unspecified atom stereocenters. The summed E-state index contributed by atoms with van der Waals surface area (Å²) in [6.07, 6.45) is 8.88. The van der Waals surface area contributed by atoms with E-state index in [0.29, 0.717) is 6.79 Å². The van der Waals surface area contributed by atoms with Crippen LogP contribution in [0.25, 0.3) is 0 Å². The van der Waals surface area contributed by atoms with Crippen molar-refractivity contribution in [2.24, 2.45) is 4.99 Å². The molecule has 1 fully saturated rings. The third kappa shape index (κ3) is 7.66. The molecule has 0 radical (unpaired) electrons. The van der Waals surface area contributed by atoms with Crippen molar-refractivity contribution in [1.82, 2.24) is 15.5 Å². The summed E-state index contributed by atoms with van der Waals surface area (Å²) in [5.41, 5.74) is 1.24. The number of hydrogen-bond donors (Lipinski definition) is 2. The lowest BCUT2D eigenvalue weighted by Crippen LogP contribution is -2.38. The number of unbranched alkanes of at least 4 members (excludes halogenated alkanes) is 2. The van der Waals surface area contributed by atoms with Gasteiger partial charge in [-0.3, -0.25) is 4.99 Å². The average molecular weight is 502 g/mol. The number of benzene rings is 1. The van der Waals surface area contributed by atoms with Crippen LogP contribution in [0.5, 0.6) is 11.5 Å². The minimum atomic E-state index is 0. The number of rotatable bonds is 9. The van der Waals surface area contributed by atoms with Crippen molar-refractivity contribution in [3.63, 3.8) is 0 Å². The first-order valence-electron chi connectivity index (χ1n) is 10.4. The lowest BCUT2D eigenvalue weighted by molar-refractivity contribution is 0.174. The van der Waals surface area contributed by atoms with Crippen molar-refractivity contribution in [2.45, 2.75) is 44.9 Å². The number of hydrogen-bond acceptors (Lipinski definition) is 4. The number of nitrogens with one attached hydrogen (secondary N) is 2. The van der Waals surface area contributed by atoms with E-state index in [0.717, 1.165) is 37.0 Å². The van der Waals surface area contributed by atoms with Crippen LogP contribution in [0, 0.1) is 0 Å². The predicted octanol–water partition coefficient (Wildman–Crippen LogP) is 3.40. The monoisotopic (exact) mass is 502 g/mol. The SMILES string of the molecule is CN=C(NCCCCCN1CCCCC1)NCCc1ccc2c(c1)OCO2.I. The number of guanidine groups is 1. The van der Waals surface area contributed by atoms with Crippen molar-refractivity contribution in [2.75, 3.05) is 46.6 Å². The molecule has 0 saturated carbocycles. The number of halogens is 1. The lowest BCUT2D eigenvalue weighted by atomic mass is 10.1. The molecule has 1 saturated heterocycles. The molecule has 2 N–H and O–H groups in total. The van der Waals surface area contributed by atoms with E-state index in [4.69, 9.17) is 9.47 Å². The van der Waals surface area contributed by atoms with Gasteiger partial charge in [0.1, 0.15) is 0 Å². The second kappa shape index (κ2) is 13.1. The highest BCUT2D eigenvalue weighted by Crippen LogP contribution is 2.32. The van der Waals surface area contributed by atoms with E-state index in [1.807, 2.05) is 13.1 Å². The largest absolute Gasteiger partial charge is 0.454 e. The fourth-order valence-electron chi connectivity index (χ4n) is 3.67. The Bertz CT molecular complexity index is 606. The molecule has 0 spiro atoms. The molecule has 6 nitrogen and oxygen atoms in total. The van der Waals surface area contributed by atoms with Gasteiger partial charge in [-0.2, -0.15) is 0 Å². The van der Waals surface area contributed by atoms with Gasteiger partial charge < -0.3 is 25.0 Å². The Morgan fingerprint density at radius 3 is 2.61 bits per heavy atom. The van der Waals surface area contributed by atoms with Crippen LogP contribution in [-0.2, 0) is 6.42 Å². The van der Waals surface area contributed by atoms with Crippen LogP contribution in [0.15, 0.2) is 23.2 Å². The number of ether oxygens (including phenoxy) is 2. The number of aliphatic imine (C=N–C) groups is 1. The molecular weight excluding hydrogens is 467 g/mol. The summed E-state index contributed by atoms with van der Waals surface area (Å²) in [6.45, 7) is 6.02. The van der Waals surface area contributed by atoms with Gasteiger partial charge in [0, 0.05) is 20.1 Å². The maximum absolute atomic E-state index is 5.43. The van der Waals surface area contributed by atoms with Crippen LogP contribution in [0.3, 0.4) is 0 Å².